The Balaban J connectivity index is 2.02. The minimum absolute atomic E-state index is 0.148. The molecule has 3 aromatic rings. The van der Waals surface area contributed by atoms with E-state index >= 15 is 0 Å². The highest BCUT2D eigenvalue weighted by Gasteiger charge is 2.35. The summed E-state index contributed by atoms with van der Waals surface area (Å²) in [5, 5.41) is 0.387. The highest BCUT2D eigenvalue weighted by Crippen LogP contribution is 2.36. The minimum atomic E-state index is -4.50. The number of carbonyl (C=O) groups is 2. The van der Waals surface area contributed by atoms with E-state index in [1.807, 2.05) is 26.0 Å². The number of hydrogen-bond acceptors (Lipinski definition) is 4. The van der Waals surface area contributed by atoms with E-state index in [-0.39, 0.29) is 26.8 Å². The Kier molecular flexibility index (Phi) is 3.69. The van der Waals surface area contributed by atoms with Crippen LogP contribution in [0.5, 0.6) is 0 Å². The molecule has 1 N–H and O–H groups in total. The Bertz CT molecular complexity index is 1240. The lowest BCUT2D eigenvalue weighted by Gasteiger charge is -2.28. The fourth-order valence-electron chi connectivity index (χ4n) is 3.57. The van der Waals surface area contributed by atoms with Crippen LogP contribution in [0, 0.1) is 13.8 Å². The van der Waals surface area contributed by atoms with Crippen LogP contribution in [0.4, 0.5) is 5.69 Å². The van der Waals surface area contributed by atoms with Gasteiger partial charge in [-0.15, -0.1) is 0 Å². The van der Waals surface area contributed by atoms with Gasteiger partial charge < -0.3 is 0 Å². The number of aryl methyl sites for hydroxylation is 2. The molecule has 0 spiro atoms. The van der Waals surface area contributed by atoms with Crippen LogP contribution in [-0.2, 0) is 10.1 Å². The van der Waals surface area contributed by atoms with E-state index in [0.29, 0.717) is 5.69 Å². The molecule has 0 radical (unpaired) electrons. The van der Waals surface area contributed by atoms with Gasteiger partial charge in [0.05, 0.1) is 5.69 Å². The SMILES string of the molecule is Cc1ccc(N2C(=O)c3cccc4c(S(=O)(=O)O)ccc(c34)C2=O)c(C)c1. The molecule has 136 valence electrons. The maximum Gasteiger partial charge on any atom is 0.295 e. The Hall–Kier alpha value is -3.03. The van der Waals surface area contributed by atoms with Crippen LogP contribution in [0.3, 0.4) is 0 Å². The number of anilines is 1. The number of rotatable bonds is 2. The summed E-state index contributed by atoms with van der Waals surface area (Å²) in [5.74, 6) is -1.06. The second-order valence-electron chi connectivity index (χ2n) is 6.55. The molecule has 1 aliphatic rings. The lowest BCUT2D eigenvalue weighted by Crippen LogP contribution is -2.41. The van der Waals surface area contributed by atoms with Gasteiger partial charge in [-0.2, -0.15) is 8.42 Å². The van der Waals surface area contributed by atoms with Gasteiger partial charge in [-0.25, -0.2) is 4.90 Å². The summed E-state index contributed by atoms with van der Waals surface area (Å²) in [4.78, 5) is 27.0. The summed E-state index contributed by atoms with van der Waals surface area (Å²) in [7, 11) is -4.50. The van der Waals surface area contributed by atoms with Crippen molar-refractivity contribution in [2.75, 3.05) is 4.90 Å². The van der Waals surface area contributed by atoms with E-state index in [4.69, 9.17) is 0 Å². The average Bonchev–Trinajstić information content (AvgIpc) is 2.60. The van der Waals surface area contributed by atoms with E-state index in [1.165, 1.54) is 24.3 Å². The number of benzene rings is 3. The number of nitrogens with zero attached hydrogens (tertiary/aromatic N) is 1. The van der Waals surface area contributed by atoms with Gasteiger partial charge in [0.1, 0.15) is 4.90 Å². The van der Waals surface area contributed by atoms with Crippen molar-refractivity contribution in [3.8, 4) is 0 Å². The van der Waals surface area contributed by atoms with Crippen LogP contribution < -0.4 is 4.90 Å². The zero-order chi connectivity index (χ0) is 19.5. The molecule has 3 aromatic carbocycles. The molecule has 4 rings (SSSR count). The molecule has 0 saturated carbocycles. The van der Waals surface area contributed by atoms with Crippen LogP contribution in [0.2, 0.25) is 0 Å². The Morgan fingerprint density at radius 1 is 0.889 bits per heavy atom. The maximum atomic E-state index is 13.1. The molecule has 7 heteroatoms. The third kappa shape index (κ3) is 2.55. The fourth-order valence-corrected chi connectivity index (χ4v) is 4.26. The van der Waals surface area contributed by atoms with E-state index < -0.39 is 21.9 Å². The number of amides is 2. The van der Waals surface area contributed by atoms with Crippen LogP contribution in [-0.4, -0.2) is 24.8 Å². The largest absolute Gasteiger partial charge is 0.295 e. The molecule has 0 unspecified atom stereocenters. The summed E-state index contributed by atoms with van der Waals surface area (Å²) < 4.78 is 32.8. The average molecular weight is 381 g/mol. The fraction of sp³-hybridized carbons (Fsp3) is 0.100. The second-order valence-corrected chi connectivity index (χ2v) is 7.94. The Labute approximate surface area is 155 Å². The highest BCUT2D eigenvalue weighted by atomic mass is 32.2. The van der Waals surface area contributed by atoms with Crippen molar-refractivity contribution < 1.29 is 22.6 Å². The van der Waals surface area contributed by atoms with Gasteiger partial charge in [0.2, 0.25) is 0 Å². The zero-order valence-corrected chi connectivity index (χ0v) is 15.4. The Morgan fingerprint density at radius 2 is 1.56 bits per heavy atom. The summed E-state index contributed by atoms with van der Waals surface area (Å²) >= 11 is 0. The van der Waals surface area contributed by atoms with Gasteiger partial charge in [-0.3, -0.25) is 14.1 Å². The molecule has 0 aliphatic carbocycles. The van der Waals surface area contributed by atoms with E-state index in [1.54, 1.807) is 12.1 Å². The smallest absolute Gasteiger partial charge is 0.282 e. The van der Waals surface area contributed by atoms with Crippen molar-refractivity contribution in [2.45, 2.75) is 18.7 Å². The van der Waals surface area contributed by atoms with E-state index in [9.17, 15) is 22.6 Å². The Morgan fingerprint density at radius 3 is 2.19 bits per heavy atom. The molecule has 2 amide bonds. The predicted molar refractivity (Wildman–Crippen MR) is 101 cm³/mol. The van der Waals surface area contributed by atoms with Crippen molar-refractivity contribution >= 4 is 38.4 Å². The molecule has 1 heterocycles. The molecule has 0 saturated heterocycles. The first-order valence-electron chi connectivity index (χ1n) is 8.19. The summed E-state index contributed by atoms with van der Waals surface area (Å²) in [6.45, 7) is 3.74. The van der Waals surface area contributed by atoms with Gasteiger partial charge in [0, 0.05) is 21.9 Å². The predicted octanol–water partition coefficient (Wildman–Crippen LogP) is 3.50. The van der Waals surface area contributed by atoms with Gasteiger partial charge in [-0.1, -0.05) is 29.8 Å². The molecule has 0 bridgehead atoms. The monoisotopic (exact) mass is 381 g/mol. The standard InChI is InChI=1S/C20H15NO5S/c1-11-6-8-16(12(2)10-11)21-19(22)14-5-3-4-13-17(27(24,25)26)9-7-15(18(13)14)20(21)23/h3-10H,1-2H3,(H,24,25,26). The first kappa shape index (κ1) is 17.4. The van der Waals surface area contributed by atoms with Crippen molar-refractivity contribution in [1.29, 1.82) is 0 Å². The van der Waals surface area contributed by atoms with Crippen molar-refractivity contribution in [2.24, 2.45) is 0 Å². The van der Waals surface area contributed by atoms with Crippen LogP contribution in [0.25, 0.3) is 10.8 Å². The molecular weight excluding hydrogens is 366 g/mol. The number of imide groups is 1. The number of carbonyl (C=O) groups excluding carboxylic acids is 2. The molecule has 0 atom stereocenters. The molecular formula is C20H15NO5S. The van der Waals surface area contributed by atoms with Crippen molar-refractivity contribution in [3.63, 3.8) is 0 Å². The van der Waals surface area contributed by atoms with Crippen LogP contribution >= 0.6 is 0 Å². The van der Waals surface area contributed by atoms with Gasteiger partial charge >= 0.3 is 0 Å². The van der Waals surface area contributed by atoms with E-state index in [2.05, 4.69) is 0 Å². The van der Waals surface area contributed by atoms with Crippen LogP contribution in [0.15, 0.2) is 53.4 Å². The third-order valence-electron chi connectivity index (χ3n) is 4.74. The quantitative estimate of drug-likeness (QED) is 0.542. The molecule has 0 fully saturated rings. The lowest BCUT2D eigenvalue weighted by atomic mass is 9.93. The highest BCUT2D eigenvalue weighted by molar-refractivity contribution is 7.86. The molecule has 1 aliphatic heterocycles. The summed E-state index contributed by atoms with van der Waals surface area (Å²) in [6.07, 6.45) is 0. The minimum Gasteiger partial charge on any atom is -0.282 e. The van der Waals surface area contributed by atoms with Crippen molar-refractivity contribution in [3.05, 3.63) is 70.8 Å². The number of hydrogen-bond donors (Lipinski definition) is 1. The zero-order valence-electron chi connectivity index (χ0n) is 14.6. The molecule has 6 nitrogen and oxygen atoms in total. The normalized spacial score (nSPS) is 14.1. The van der Waals surface area contributed by atoms with Gasteiger partial charge in [0.25, 0.3) is 21.9 Å². The van der Waals surface area contributed by atoms with E-state index in [0.717, 1.165) is 16.0 Å². The van der Waals surface area contributed by atoms with Gasteiger partial charge in [0.15, 0.2) is 0 Å². The van der Waals surface area contributed by atoms with Gasteiger partial charge in [-0.05, 0) is 43.7 Å². The first-order valence-corrected chi connectivity index (χ1v) is 9.63. The summed E-state index contributed by atoms with van der Waals surface area (Å²) in [6, 6.07) is 12.5. The molecule has 0 aromatic heterocycles. The van der Waals surface area contributed by atoms with Crippen molar-refractivity contribution in [1.82, 2.24) is 0 Å². The maximum absolute atomic E-state index is 13.1. The van der Waals surface area contributed by atoms with Crippen LogP contribution in [0.1, 0.15) is 31.8 Å². The molecule has 27 heavy (non-hydrogen) atoms. The first-order chi connectivity index (χ1) is 12.7. The lowest BCUT2D eigenvalue weighted by molar-refractivity contribution is 0.0893. The second kappa shape index (κ2) is 5.73. The topological polar surface area (TPSA) is 91.8 Å². The summed E-state index contributed by atoms with van der Waals surface area (Å²) in [5.41, 5.74) is 2.70. The third-order valence-corrected chi connectivity index (χ3v) is 5.65.